The number of amides is 1. The summed E-state index contributed by atoms with van der Waals surface area (Å²) in [5, 5.41) is 9.93. The number of rotatable bonds is 7. The average molecular weight is 389 g/mol. The fourth-order valence-electron chi connectivity index (χ4n) is 2.64. The summed E-state index contributed by atoms with van der Waals surface area (Å²) >= 11 is 1.22. The third-order valence-corrected chi connectivity index (χ3v) is 5.22. The predicted octanol–water partition coefficient (Wildman–Crippen LogP) is 1.73. The van der Waals surface area contributed by atoms with Crippen molar-refractivity contribution in [3.05, 3.63) is 47.4 Å². The van der Waals surface area contributed by atoms with Crippen molar-refractivity contribution in [3.63, 3.8) is 0 Å². The number of piperazine rings is 1. The first-order chi connectivity index (χ1) is 13.1. The summed E-state index contributed by atoms with van der Waals surface area (Å²) in [6.07, 6.45) is 2.47. The molecular weight excluding hydrogens is 366 g/mol. The molecule has 3 rings (SSSR count). The quantitative estimate of drug-likeness (QED) is 0.527. The molecule has 1 aliphatic heterocycles. The Morgan fingerprint density at radius 2 is 1.96 bits per heavy atom. The maximum atomic E-state index is 12.0. The van der Waals surface area contributed by atoms with Crippen LogP contribution in [-0.4, -0.2) is 60.2 Å². The third-order valence-electron chi connectivity index (χ3n) is 4.23. The summed E-state index contributed by atoms with van der Waals surface area (Å²) < 4.78 is 5.13. The molecule has 0 N–H and O–H groups in total. The smallest absolute Gasteiger partial charge is 0.257 e. The average Bonchev–Trinajstić information content (AvgIpc) is 3.14. The summed E-state index contributed by atoms with van der Waals surface area (Å²) in [4.78, 5) is 27.8. The molecular formula is C18H23N5O3S. The highest BCUT2D eigenvalue weighted by Gasteiger charge is 2.22. The van der Waals surface area contributed by atoms with Crippen LogP contribution in [0.1, 0.15) is 23.2 Å². The number of carbonyl (C=O) groups is 2. The van der Waals surface area contributed by atoms with Gasteiger partial charge < -0.3 is 19.5 Å². The van der Waals surface area contributed by atoms with E-state index in [9.17, 15) is 9.59 Å². The number of benzene rings is 1. The highest BCUT2D eigenvalue weighted by atomic mass is 32.2. The summed E-state index contributed by atoms with van der Waals surface area (Å²) in [5.41, 5.74) is 0.675. The number of hydrogen-bond donors (Lipinski definition) is 0. The lowest BCUT2D eigenvalue weighted by atomic mass is 10.2. The van der Waals surface area contributed by atoms with Crippen molar-refractivity contribution >= 4 is 28.7 Å². The normalized spacial score (nSPS) is 14.9. The zero-order chi connectivity index (χ0) is 19.1. The Bertz CT molecular complexity index is 759. The monoisotopic (exact) mass is 389 g/mol. The Morgan fingerprint density at radius 1 is 1.22 bits per heavy atom. The van der Waals surface area contributed by atoms with Gasteiger partial charge in [-0.15, -0.1) is 0 Å². The van der Waals surface area contributed by atoms with E-state index >= 15 is 0 Å². The molecule has 2 heterocycles. The molecule has 27 heavy (non-hydrogen) atoms. The molecule has 0 aliphatic carbocycles. The molecule has 0 saturated carbocycles. The van der Waals surface area contributed by atoms with E-state index in [1.54, 1.807) is 23.1 Å². The van der Waals surface area contributed by atoms with E-state index in [1.165, 1.54) is 11.8 Å². The van der Waals surface area contributed by atoms with Crippen molar-refractivity contribution < 1.29 is 18.9 Å². The Morgan fingerprint density at radius 3 is 2.70 bits per heavy atom. The maximum absolute atomic E-state index is 12.0. The highest BCUT2D eigenvalue weighted by Crippen LogP contribution is 2.18. The largest absolute Gasteiger partial charge is 0.588 e. The molecule has 0 radical (unpaired) electrons. The lowest BCUT2D eigenvalue weighted by molar-refractivity contribution is -0.759. The molecule has 9 heteroatoms. The Balaban J connectivity index is 1.36. The molecule has 1 aromatic carbocycles. The van der Waals surface area contributed by atoms with Crippen LogP contribution in [-0.2, 0) is 4.79 Å². The SMILES string of the molecule is CN1CCN([n+]2cc([N-]C(=O)CCCSC(=O)c3ccccc3)on2)CC1. The second kappa shape index (κ2) is 9.52. The number of hydrogen-bond acceptors (Lipinski definition) is 7. The van der Waals surface area contributed by atoms with Crippen LogP contribution in [0.15, 0.2) is 41.1 Å². The zero-order valence-electron chi connectivity index (χ0n) is 15.3. The van der Waals surface area contributed by atoms with E-state index in [4.69, 9.17) is 4.52 Å². The van der Waals surface area contributed by atoms with Crippen LogP contribution in [0, 0.1) is 0 Å². The van der Waals surface area contributed by atoms with Gasteiger partial charge in [0, 0.05) is 24.4 Å². The van der Waals surface area contributed by atoms with Crippen molar-refractivity contribution in [2.24, 2.45) is 0 Å². The van der Waals surface area contributed by atoms with Gasteiger partial charge in [-0.05, 0) is 19.9 Å². The van der Waals surface area contributed by atoms with Crippen molar-refractivity contribution in [3.8, 4) is 0 Å². The molecule has 0 bridgehead atoms. The number of nitrogens with zero attached hydrogens (tertiary/aromatic N) is 5. The van der Waals surface area contributed by atoms with Gasteiger partial charge in [0.15, 0.2) is 0 Å². The number of thioether (sulfide) groups is 1. The van der Waals surface area contributed by atoms with Gasteiger partial charge in [-0.25, -0.2) is 0 Å². The van der Waals surface area contributed by atoms with Gasteiger partial charge >= 0.3 is 0 Å². The van der Waals surface area contributed by atoms with Gasteiger partial charge in [-0.1, -0.05) is 42.1 Å². The third kappa shape index (κ3) is 5.80. The molecule has 8 nitrogen and oxygen atoms in total. The van der Waals surface area contributed by atoms with Crippen LogP contribution < -0.4 is 9.80 Å². The van der Waals surface area contributed by atoms with Crippen molar-refractivity contribution in [2.75, 3.05) is 44.0 Å². The van der Waals surface area contributed by atoms with Crippen LogP contribution in [0.5, 0.6) is 0 Å². The van der Waals surface area contributed by atoms with E-state index in [2.05, 4.69) is 22.5 Å². The molecule has 0 atom stereocenters. The van der Waals surface area contributed by atoms with Crippen LogP contribution in [0.4, 0.5) is 5.88 Å². The molecule has 1 aromatic heterocycles. The van der Waals surface area contributed by atoms with E-state index in [0.717, 1.165) is 26.2 Å². The van der Waals surface area contributed by atoms with Crippen LogP contribution in [0.25, 0.3) is 5.32 Å². The fourth-order valence-corrected chi connectivity index (χ4v) is 3.41. The van der Waals surface area contributed by atoms with E-state index in [-0.39, 0.29) is 23.3 Å². The summed E-state index contributed by atoms with van der Waals surface area (Å²) in [5.74, 6) is 0.503. The maximum Gasteiger partial charge on any atom is 0.257 e. The second-order valence-corrected chi connectivity index (χ2v) is 7.40. The van der Waals surface area contributed by atoms with E-state index in [1.807, 2.05) is 23.2 Å². The summed E-state index contributed by atoms with van der Waals surface area (Å²) in [6.45, 7) is 3.58. The molecule has 144 valence electrons. The minimum Gasteiger partial charge on any atom is -0.588 e. The fraction of sp³-hybridized carbons (Fsp3) is 0.444. The predicted molar refractivity (Wildman–Crippen MR) is 103 cm³/mol. The van der Waals surface area contributed by atoms with Gasteiger partial charge in [0.25, 0.3) is 6.20 Å². The highest BCUT2D eigenvalue weighted by molar-refractivity contribution is 8.14. The molecule has 1 amide bonds. The first-order valence-corrected chi connectivity index (χ1v) is 9.89. The van der Waals surface area contributed by atoms with Crippen molar-refractivity contribution in [1.29, 1.82) is 0 Å². The minimum absolute atomic E-state index is 0.0171. The molecule has 0 spiro atoms. The summed E-state index contributed by atoms with van der Waals surface area (Å²) in [6, 6.07) is 9.12. The van der Waals surface area contributed by atoms with Gasteiger partial charge in [-0.3, -0.25) is 4.79 Å². The van der Waals surface area contributed by atoms with Crippen LogP contribution in [0.3, 0.4) is 0 Å². The van der Waals surface area contributed by atoms with Gasteiger partial charge in [0.05, 0.1) is 23.8 Å². The van der Waals surface area contributed by atoms with E-state index in [0.29, 0.717) is 17.7 Å². The standard InChI is InChI=1S/C18H23N5O3S/c1-21-9-11-22(12-10-21)23-14-17(26-20-23)19-16(24)8-5-13-27-18(25)15-6-3-2-4-7-15/h2-4,6-7,14H,5,8-13H2,1H3. The first-order valence-electron chi connectivity index (χ1n) is 8.91. The lowest BCUT2D eigenvalue weighted by Gasteiger charge is -2.26. The zero-order valence-corrected chi connectivity index (χ0v) is 16.1. The van der Waals surface area contributed by atoms with Crippen LogP contribution >= 0.6 is 11.8 Å². The Labute approximate surface area is 162 Å². The molecule has 1 aliphatic rings. The number of aromatic nitrogens is 2. The first kappa shape index (κ1) is 19.4. The summed E-state index contributed by atoms with van der Waals surface area (Å²) in [7, 11) is 2.08. The molecule has 2 aromatic rings. The Kier molecular flexibility index (Phi) is 6.83. The van der Waals surface area contributed by atoms with Crippen molar-refractivity contribution in [1.82, 2.24) is 10.2 Å². The van der Waals surface area contributed by atoms with E-state index < -0.39 is 0 Å². The number of likely N-dealkylation sites (N-methyl/N-ethyl adjacent to an activating group) is 1. The molecule has 0 unspecified atom stereocenters. The number of carbonyl (C=O) groups excluding carboxylic acids is 2. The van der Waals surface area contributed by atoms with Gasteiger partial charge in [-0.2, -0.15) is 5.01 Å². The second-order valence-electron chi connectivity index (χ2n) is 6.33. The van der Waals surface area contributed by atoms with Gasteiger partial charge in [0.1, 0.15) is 5.88 Å². The molecule has 1 saturated heterocycles. The Hall–Kier alpha value is -2.39. The lowest BCUT2D eigenvalue weighted by Crippen LogP contribution is -2.64. The van der Waals surface area contributed by atoms with Crippen molar-refractivity contribution in [2.45, 2.75) is 12.8 Å². The minimum atomic E-state index is -0.274. The topological polar surface area (TPSA) is 84.6 Å². The van der Waals surface area contributed by atoms with Gasteiger partial charge in [0.2, 0.25) is 10.4 Å². The molecule has 1 fully saturated rings. The van der Waals surface area contributed by atoms with Crippen LogP contribution in [0.2, 0.25) is 0 Å².